The molecule has 0 aliphatic rings. The van der Waals surface area contributed by atoms with E-state index >= 15 is 0 Å². The molecule has 0 spiro atoms. The molecule has 1 aromatic heterocycles. The van der Waals surface area contributed by atoms with Crippen LogP contribution in [0.25, 0.3) is 0 Å². The average Bonchev–Trinajstić information content (AvgIpc) is 2.64. The third-order valence-corrected chi connectivity index (χ3v) is 1.87. The van der Waals surface area contributed by atoms with Crippen LogP contribution in [-0.2, 0) is 0 Å². The maximum atomic E-state index is 11.4. The lowest BCUT2D eigenvalue weighted by Crippen LogP contribution is -2.31. The number of rotatable bonds is 6. The summed E-state index contributed by atoms with van der Waals surface area (Å²) in [7, 11) is 0. The summed E-state index contributed by atoms with van der Waals surface area (Å²) in [6.07, 6.45) is 1.09. The van der Waals surface area contributed by atoms with Crippen molar-refractivity contribution in [2.24, 2.45) is 0 Å². The van der Waals surface area contributed by atoms with Crippen LogP contribution in [0.4, 0.5) is 0 Å². The number of aromatic nitrogens is 1. The second-order valence-electron chi connectivity index (χ2n) is 3.34. The predicted molar refractivity (Wildman–Crippen MR) is 56.7 cm³/mol. The van der Waals surface area contributed by atoms with E-state index in [9.17, 15) is 4.79 Å². The van der Waals surface area contributed by atoms with Gasteiger partial charge in [-0.2, -0.15) is 0 Å². The minimum absolute atomic E-state index is 0.214. The topological polar surface area (TPSA) is 67.2 Å². The predicted octanol–water partition coefficient (Wildman–Crippen LogP) is 0.712. The molecule has 0 aliphatic carbocycles. The lowest BCUT2D eigenvalue weighted by atomic mass is 10.3. The van der Waals surface area contributed by atoms with Crippen molar-refractivity contribution in [2.45, 2.75) is 20.3 Å². The molecular formula is C10H17N3O2. The fraction of sp³-hybridized carbons (Fsp3) is 0.600. The van der Waals surface area contributed by atoms with E-state index in [2.05, 4.69) is 22.7 Å². The van der Waals surface area contributed by atoms with Crippen molar-refractivity contribution in [1.82, 2.24) is 15.8 Å². The molecule has 1 heterocycles. The Morgan fingerprint density at radius 3 is 2.87 bits per heavy atom. The Bertz CT molecular complexity index is 309. The second kappa shape index (κ2) is 6.19. The number of hydrogen-bond acceptors (Lipinski definition) is 4. The van der Waals surface area contributed by atoms with Crippen LogP contribution in [0.2, 0.25) is 0 Å². The normalized spacial score (nSPS) is 10.3. The van der Waals surface area contributed by atoms with Gasteiger partial charge in [0.25, 0.3) is 5.91 Å². The molecule has 5 nitrogen and oxygen atoms in total. The van der Waals surface area contributed by atoms with Gasteiger partial charge < -0.3 is 15.2 Å². The quantitative estimate of drug-likeness (QED) is 0.680. The van der Waals surface area contributed by atoms with Gasteiger partial charge in [0.05, 0.1) is 5.69 Å². The molecule has 0 aromatic carbocycles. The summed E-state index contributed by atoms with van der Waals surface area (Å²) in [6.45, 7) is 6.22. The number of carbonyl (C=O) groups excluding carboxylic acids is 1. The first kappa shape index (κ1) is 11.7. The monoisotopic (exact) mass is 211 g/mol. The molecule has 2 N–H and O–H groups in total. The van der Waals surface area contributed by atoms with Gasteiger partial charge in [-0.25, -0.2) is 0 Å². The molecule has 1 amide bonds. The van der Waals surface area contributed by atoms with E-state index in [1.807, 2.05) is 0 Å². The van der Waals surface area contributed by atoms with E-state index in [1.54, 1.807) is 13.0 Å². The highest BCUT2D eigenvalue weighted by Gasteiger charge is 2.09. The fourth-order valence-electron chi connectivity index (χ4n) is 1.12. The number of carbonyl (C=O) groups is 1. The third kappa shape index (κ3) is 4.12. The minimum Gasteiger partial charge on any atom is -0.351 e. The van der Waals surface area contributed by atoms with Crippen molar-refractivity contribution < 1.29 is 9.32 Å². The highest BCUT2D eigenvalue weighted by molar-refractivity contribution is 5.91. The minimum atomic E-state index is -0.214. The molecule has 0 atom stereocenters. The summed E-state index contributed by atoms with van der Waals surface area (Å²) in [5.41, 5.74) is 0.712. The fourth-order valence-corrected chi connectivity index (χ4v) is 1.12. The maximum absolute atomic E-state index is 11.4. The molecule has 5 heteroatoms. The van der Waals surface area contributed by atoms with Crippen molar-refractivity contribution in [1.29, 1.82) is 0 Å². The molecule has 15 heavy (non-hydrogen) atoms. The SMILES string of the molecule is CCCNCCNC(=O)c1cc(C)no1. The zero-order chi connectivity index (χ0) is 11.1. The number of aryl methyl sites for hydroxylation is 1. The van der Waals surface area contributed by atoms with E-state index in [4.69, 9.17) is 4.52 Å². The summed E-state index contributed by atoms with van der Waals surface area (Å²) in [6, 6.07) is 1.62. The van der Waals surface area contributed by atoms with E-state index in [0.29, 0.717) is 12.2 Å². The van der Waals surface area contributed by atoms with E-state index < -0.39 is 0 Å². The Morgan fingerprint density at radius 1 is 1.47 bits per heavy atom. The first-order chi connectivity index (χ1) is 7.24. The molecular weight excluding hydrogens is 194 g/mol. The van der Waals surface area contributed by atoms with Crippen LogP contribution >= 0.6 is 0 Å². The highest BCUT2D eigenvalue weighted by atomic mass is 16.5. The van der Waals surface area contributed by atoms with Crippen LogP contribution in [0.15, 0.2) is 10.6 Å². The molecule has 0 bridgehead atoms. The zero-order valence-electron chi connectivity index (χ0n) is 9.17. The molecule has 0 fully saturated rings. The van der Waals surface area contributed by atoms with Gasteiger partial charge in [0.15, 0.2) is 0 Å². The van der Waals surface area contributed by atoms with Gasteiger partial charge in [-0.05, 0) is 19.9 Å². The number of amides is 1. The van der Waals surface area contributed by atoms with Gasteiger partial charge in [-0.15, -0.1) is 0 Å². The molecule has 0 saturated carbocycles. The molecule has 1 aromatic rings. The lowest BCUT2D eigenvalue weighted by molar-refractivity contribution is 0.0917. The van der Waals surface area contributed by atoms with Crippen molar-refractivity contribution in [3.8, 4) is 0 Å². The average molecular weight is 211 g/mol. The molecule has 0 aliphatic heterocycles. The zero-order valence-corrected chi connectivity index (χ0v) is 9.17. The Morgan fingerprint density at radius 2 is 2.27 bits per heavy atom. The second-order valence-corrected chi connectivity index (χ2v) is 3.34. The van der Waals surface area contributed by atoms with Gasteiger partial charge >= 0.3 is 0 Å². The number of hydrogen-bond donors (Lipinski definition) is 2. The van der Waals surface area contributed by atoms with E-state index in [-0.39, 0.29) is 11.7 Å². The molecule has 0 radical (unpaired) electrons. The van der Waals surface area contributed by atoms with Crippen molar-refractivity contribution in [2.75, 3.05) is 19.6 Å². The molecule has 0 saturated heterocycles. The van der Waals surface area contributed by atoms with Crippen molar-refractivity contribution >= 4 is 5.91 Å². The van der Waals surface area contributed by atoms with Gasteiger partial charge in [0, 0.05) is 19.2 Å². The maximum Gasteiger partial charge on any atom is 0.289 e. The Hall–Kier alpha value is -1.36. The molecule has 1 rings (SSSR count). The van der Waals surface area contributed by atoms with Gasteiger partial charge in [-0.3, -0.25) is 4.79 Å². The van der Waals surface area contributed by atoms with Crippen LogP contribution in [-0.4, -0.2) is 30.7 Å². The largest absolute Gasteiger partial charge is 0.351 e. The Kier molecular flexibility index (Phi) is 4.83. The van der Waals surface area contributed by atoms with Gasteiger partial charge in [0.2, 0.25) is 5.76 Å². The number of nitrogens with one attached hydrogen (secondary N) is 2. The van der Waals surface area contributed by atoms with Crippen LogP contribution < -0.4 is 10.6 Å². The number of nitrogens with zero attached hydrogens (tertiary/aromatic N) is 1. The van der Waals surface area contributed by atoms with Gasteiger partial charge in [0.1, 0.15) is 0 Å². The molecule has 0 unspecified atom stereocenters. The Balaban J connectivity index is 2.19. The van der Waals surface area contributed by atoms with Crippen LogP contribution in [0.3, 0.4) is 0 Å². The lowest BCUT2D eigenvalue weighted by Gasteiger charge is -2.03. The van der Waals surface area contributed by atoms with Crippen LogP contribution in [0.5, 0.6) is 0 Å². The van der Waals surface area contributed by atoms with Crippen LogP contribution in [0, 0.1) is 6.92 Å². The summed E-state index contributed by atoms with van der Waals surface area (Å²) in [5, 5.41) is 9.57. The standard InChI is InChI=1S/C10H17N3O2/c1-3-4-11-5-6-12-10(14)9-7-8(2)13-15-9/h7,11H,3-6H2,1-2H3,(H,12,14). The Labute approximate surface area is 89.2 Å². The summed E-state index contributed by atoms with van der Waals surface area (Å²) in [5.74, 6) is 0.0527. The smallest absolute Gasteiger partial charge is 0.289 e. The summed E-state index contributed by atoms with van der Waals surface area (Å²) in [4.78, 5) is 11.4. The van der Waals surface area contributed by atoms with E-state index in [0.717, 1.165) is 19.5 Å². The summed E-state index contributed by atoms with van der Waals surface area (Å²) < 4.78 is 4.82. The third-order valence-electron chi connectivity index (χ3n) is 1.87. The first-order valence-corrected chi connectivity index (χ1v) is 5.16. The van der Waals surface area contributed by atoms with Gasteiger partial charge in [-0.1, -0.05) is 12.1 Å². The summed E-state index contributed by atoms with van der Waals surface area (Å²) >= 11 is 0. The van der Waals surface area contributed by atoms with Crippen molar-refractivity contribution in [3.63, 3.8) is 0 Å². The van der Waals surface area contributed by atoms with Crippen LogP contribution in [0.1, 0.15) is 29.6 Å². The highest BCUT2D eigenvalue weighted by Crippen LogP contribution is 2.00. The first-order valence-electron chi connectivity index (χ1n) is 5.16. The van der Waals surface area contributed by atoms with Crippen molar-refractivity contribution in [3.05, 3.63) is 17.5 Å². The molecule has 84 valence electrons. The van der Waals surface area contributed by atoms with E-state index in [1.165, 1.54) is 0 Å².